The van der Waals surface area contributed by atoms with Gasteiger partial charge < -0.3 is 18.8 Å². The van der Waals surface area contributed by atoms with Crippen LogP contribution in [0.4, 0.5) is 0 Å². The van der Waals surface area contributed by atoms with Crippen molar-refractivity contribution in [2.75, 3.05) is 20.7 Å². The molecule has 1 aliphatic rings. The summed E-state index contributed by atoms with van der Waals surface area (Å²) in [7, 11) is 1.52. The fourth-order valence-electron chi connectivity index (χ4n) is 2.44. The third-order valence-corrected chi connectivity index (χ3v) is 9.43. The number of amides is 1. The van der Waals surface area contributed by atoms with E-state index in [4.69, 9.17) is 13.9 Å². The van der Waals surface area contributed by atoms with Gasteiger partial charge in [0.2, 0.25) is 5.91 Å². The molecule has 0 radical (unpaired) electrons. The van der Waals surface area contributed by atoms with E-state index in [0.29, 0.717) is 6.61 Å². The minimum atomic E-state index is -2.03. The molecule has 0 aromatic carbocycles. The predicted molar refractivity (Wildman–Crippen MR) is 94.8 cm³/mol. The average molecular weight is 346 g/mol. The molecule has 0 bridgehead atoms. The minimum absolute atomic E-state index is 0.0574. The molecule has 0 saturated carbocycles. The Morgan fingerprint density at radius 3 is 2.17 bits per heavy atom. The summed E-state index contributed by atoms with van der Waals surface area (Å²) in [6.07, 6.45) is -0.523. The number of nitrogens with zero attached hydrogens (tertiary/aromatic N) is 1. The Hall–Kier alpha value is -0.433. The molecular weight excluding hydrogens is 310 g/mol. The van der Waals surface area contributed by atoms with Crippen LogP contribution in [0.3, 0.4) is 0 Å². The highest BCUT2D eigenvalue weighted by atomic mass is 28.4. The van der Waals surface area contributed by atoms with E-state index in [-0.39, 0.29) is 29.1 Å². The molecule has 0 unspecified atom stereocenters. The highest BCUT2D eigenvalue weighted by Gasteiger charge is 2.47. The van der Waals surface area contributed by atoms with Crippen LogP contribution in [0, 0.1) is 5.92 Å². The maximum atomic E-state index is 12.5. The molecule has 1 rings (SSSR count). The minimum Gasteiger partial charge on any atom is -0.410 e. The predicted octanol–water partition coefficient (Wildman–Crippen LogP) is 3.25. The lowest BCUT2D eigenvalue weighted by Gasteiger charge is -2.42. The fraction of sp³-hybridized carbons (Fsp3) is 0.941. The zero-order valence-corrected chi connectivity index (χ0v) is 17.5. The van der Waals surface area contributed by atoms with E-state index >= 15 is 0 Å². The van der Waals surface area contributed by atoms with Crippen LogP contribution in [0.2, 0.25) is 18.1 Å². The third kappa shape index (κ3) is 5.02. The van der Waals surface area contributed by atoms with Gasteiger partial charge in [0, 0.05) is 14.1 Å². The maximum absolute atomic E-state index is 12.5. The van der Waals surface area contributed by atoms with Gasteiger partial charge in [0.1, 0.15) is 6.10 Å². The number of hydrogen-bond acceptors (Lipinski definition) is 4. The monoisotopic (exact) mass is 345 g/mol. The van der Waals surface area contributed by atoms with E-state index < -0.39 is 14.1 Å². The largest absolute Gasteiger partial charge is 0.410 e. The molecule has 136 valence electrons. The number of carbonyl (C=O) groups excluding carboxylic acids is 1. The van der Waals surface area contributed by atoms with Gasteiger partial charge in [-0.3, -0.25) is 4.79 Å². The molecule has 6 heteroatoms. The van der Waals surface area contributed by atoms with Gasteiger partial charge in [-0.15, -0.1) is 0 Å². The second-order valence-electron chi connectivity index (χ2n) is 8.73. The number of ether oxygens (including phenoxy) is 2. The maximum Gasteiger partial charge on any atom is 0.227 e. The quantitative estimate of drug-likeness (QED) is 0.718. The van der Waals surface area contributed by atoms with Crippen LogP contribution >= 0.6 is 0 Å². The van der Waals surface area contributed by atoms with Crippen LogP contribution in [0.5, 0.6) is 0 Å². The van der Waals surface area contributed by atoms with Gasteiger partial charge in [-0.25, -0.2) is 0 Å². The average Bonchev–Trinajstić information content (AvgIpc) is 2.73. The van der Waals surface area contributed by atoms with E-state index in [1.807, 2.05) is 20.8 Å². The van der Waals surface area contributed by atoms with Crippen LogP contribution < -0.4 is 0 Å². The summed E-state index contributed by atoms with van der Waals surface area (Å²) in [5, 5.41) is 0.0705. The number of carbonyl (C=O) groups is 1. The molecule has 3 atom stereocenters. The first kappa shape index (κ1) is 20.6. The lowest BCUT2D eigenvalue weighted by atomic mass is 9.99. The van der Waals surface area contributed by atoms with E-state index in [2.05, 4.69) is 33.9 Å². The molecule has 1 fully saturated rings. The van der Waals surface area contributed by atoms with Crippen LogP contribution in [0.15, 0.2) is 0 Å². The lowest BCUT2D eigenvalue weighted by Crippen LogP contribution is -2.52. The Kier molecular flexibility index (Phi) is 6.11. The molecular formula is C17H35NO4Si. The molecule has 1 saturated heterocycles. The molecule has 0 spiro atoms. The topological polar surface area (TPSA) is 48.0 Å². The molecule has 0 aliphatic carbocycles. The Balaban J connectivity index is 3.05. The summed E-state index contributed by atoms with van der Waals surface area (Å²) in [4.78, 5) is 14.1. The molecule has 0 aromatic heterocycles. The molecule has 1 aliphatic heterocycles. The molecule has 5 nitrogen and oxygen atoms in total. The molecule has 0 aromatic rings. The van der Waals surface area contributed by atoms with Gasteiger partial charge in [0.15, 0.2) is 14.1 Å². The Morgan fingerprint density at radius 1 is 1.30 bits per heavy atom. The zero-order chi connectivity index (χ0) is 18.2. The van der Waals surface area contributed by atoms with Crippen LogP contribution in [-0.2, 0) is 18.7 Å². The van der Waals surface area contributed by atoms with E-state index in [9.17, 15) is 4.79 Å². The summed E-state index contributed by atoms with van der Waals surface area (Å²) in [5.41, 5.74) is 0. The Bertz CT molecular complexity index is 429. The molecule has 1 amide bonds. The van der Waals surface area contributed by atoms with Gasteiger partial charge in [-0.2, -0.15) is 0 Å². The van der Waals surface area contributed by atoms with Crippen molar-refractivity contribution >= 4 is 14.2 Å². The Labute approximate surface area is 142 Å². The van der Waals surface area contributed by atoms with Gasteiger partial charge in [-0.05, 0) is 32.0 Å². The van der Waals surface area contributed by atoms with Gasteiger partial charge >= 0.3 is 0 Å². The van der Waals surface area contributed by atoms with Crippen molar-refractivity contribution in [1.29, 1.82) is 0 Å². The smallest absolute Gasteiger partial charge is 0.227 e. The van der Waals surface area contributed by atoms with Crippen LogP contribution in [0.1, 0.15) is 41.5 Å². The van der Waals surface area contributed by atoms with E-state index in [1.165, 1.54) is 0 Å². The lowest BCUT2D eigenvalue weighted by molar-refractivity contribution is -0.159. The Morgan fingerprint density at radius 2 is 1.83 bits per heavy atom. The van der Waals surface area contributed by atoms with Crippen LogP contribution in [0.25, 0.3) is 0 Å². The van der Waals surface area contributed by atoms with Gasteiger partial charge in [0.05, 0.1) is 18.6 Å². The van der Waals surface area contributed by atoms with Crippen LogP contribution in [-0.4, -0.2) is 57.8 Å². The standard InChI is InChI=1S/C17H35NO4Si/c1-12(15(19)18(7)8)14(13-11-20-17(5,6)21-13)22-23(9,10)16(2,3)4/h12-14H,11H2,1-10H3/t12-,13-,14+/m1/s1. The highest BCUT2D eigenvalue weighted by Crippen LogP contribution is 2.40. The first-order valence-electron chi connectivity index (χ1n) is 8.39. The molecule has 23 heavy (non-hydrogen) atoms. The third-order valence-electron chi connectivity index (χ3n) is 4.96. The van der Waals surface area contributed by atoms with E-state index in [0.717, 1.165) is 0 Å². The van der Waals surface area contributed by atoms with Gasteiger partial charge in [-0.1, -0.05) is 27.7 Å². The second-order valence-corrected chi connectivity index (χ2v) is 13.5. The number of hydrogen-bond donors (Lipinski definition) is 0. The summed E-state index contributed by atoms with van der Waals surface area (Å²) < 4.78 is 18.3. The van der Waals surface area contributed by atoms with Crippen molar-refractivity contribution in [2.24, 2.45) is 5.92 Å². The summed E-state index contributed by atoms with van der Waals surface area (Å²) in [5.74, 6) is -0.843. The molecule has 0 N–H and O–H groups in total. The SMILES string of the molecule is C[C@@H](C(=O)N(C)C)[C@H](O[Si](C)(C)C(C)(C)C)[C@H]1COC(C)(C)O1. The van der Waals surface area contributed by atoms with Crippen molar-refractivity contribution in [3.63, 3.8) is 0 Å². The van der Waals surface area contributed by atoms with Crippen molar-refractivity contribution in [3.8, 4) is 0 Å². The normalized spacial score (nSPS) is 24.3. The van der Waals surface area contributed by atoms with Crippen molar-refractivity contribution < 1.29 is 18.7 Å². The van der Waals surface area contributed by atoms with Crippen molar-refractivity contribution in [1.82, 2.24) is 4.90 Å². The zero-order valence-electron chi connectivity index (χ0n) is 16.5. The second kappa shape index (κ2) is 6.82. The highest BCUT2D eigenvalue weighted by molar-refractivity contribution is 6.74. The van der Waals surface area contributed by atoms with Crippen molar-refractivity contribution in [3.05, 3.63) is 0 Å². The summed E-state index contributed by atoms with van der Waals surface area (Å²) in [6, 6.07) is 0. The summed E-state index contributed by atoms with van der Waals surface area (Å²) >= 11 is 0. The molecule has 1 heterocycles. The first-order valence-corrected chi connectivity index (χ1v) is 11.3. The van der Waals surface area contributed by atoms with E-state index in [1.54, 1.807) is 19.0 Å². The first-order chi connectivity index (χ1) is 10.2. The number of rotatable bonds is 5. The fourth-order valence-corrected chi connectivity index (χ4v) is 3.83. The van der Waals surface area contributed by atoms with Crippen molar-refractivity contribution in [2.45, 2.75) is 77.7 Å². The summed E-state index contributed by atoms with van der Waals surface area (Å²) in [6.45, 7) is 17.2. The van der Waals surface area contributed by atoms with Gasteiger partial charge in [0.25, 0.3) is 0 Å².